The quantitative estimate of drug-likeness (QED) is 0.889. The second kappa shape index (κ2) is 8.01. The van der Waals surface area contributed by atoms with E-state index in [9.17, 15) is 4.79 Å². The minimum atomic E-state index is -0.0747. The molecule has 0 saturated carbocycles. The molecule has 1 aliphatic heterocycles. The summed E-state index contributed by atoms with van der Waals surface area (Å²) in [7, 11) is 0. The molecular formula is C18H25N5OS. The number of likely N-dealkylation sites (tertiary alicyclic amines) is 1. The van der Waals surface area contributed by atoms with Crippen LogP contribution in [0.2, 0.25) is 0 Å². The van der Waals surface area contributed by atoms with Gasteiger partial charge in [0.1, 0.15) is 5.82 Å². The molecule has 0 unspecified atom stereocenters. The maximum absolute atomic E-state index is 11.1. The Labute approximate surface area is 152 Å². The second-order valence-corrected chi connectivity index (χ2v) is 7.92. The van der Waals surface area contributed by atoms with Gasteiger partial charge in [0.05, 0.1) is 0 Å². The van der Waals surface area contributed by atoms with Gasteiger partial charge in [-0.15, -0.1) is 11.3 Å². The monoisotopic (exact) mass is 359 g/mol. The third kappa shape index (κ3) is 5.31. The van der Waals surface area contributed by atoms with E-state index in [1.807, 2.05) is 20.0 Å². The van der Waals surface area contributed by atoms with Crippen molar-refractivity contribution in [2.75, 3.05) is 18.4 Å². The summed E-state index contributed by atoms with van der Waals surface area (Å²) in [5.41, 5.74) is 2.20. The van der Waals surface area contributed by atoms with Crippen molar-refractivity contribution in [3.8, 4) is 0 Å². The fraction of sp³-hybridized carbons (Fsp3) is 0.556. The number of hydrogen-bond acceptors (Lipinski definition) is 6. The Balaban J connectivity index is 1.57. The topological polar surface area (TPSA) is 71.0 Å². The number of amides is 1. The maximum atomic E-state index is 11.1. The first-order valence-corrected chi connectivity index (χ1v) is 9.55. The van der Waals surface area contributed by atoms with E-state index in [2.05, 4.69) is 31.2 Å². The SMILES string of the molecule is CC(=O)Nc1ncc(CN2CCC[C@@H](Cc3cc(C)nc(C)n3)C2)s1. The van der Waals surface area contributed by atoms with Crippen LogP contribution < -0.4 is 5.32 Å². The molecule has 0 aromatic carbocycles. The van der Waals surface area contributed by atoms with Gasteiger partial charge in [-0.2, -0.15) is 0 Å². The lowest BCUT2D eigenvalue weighted by Crippen LogP contribution is -2.35. The van der Waals surface area contributed by atoms with Crippen LogP contribution in [-0.4, -0.2) is 38.8 Å². The van der Waals surface area contributed by atoms with Gasteiger partial charge in [-0.1, -0.05) is 0 Å². The van der Waals surface area contributed by atoms with E-state index in [1.165, 1.54) is 24.6 Å². The number of nitrogens with one attached hydrogen (secondary N) is 1. The molecule has 3 heterocycles. The van der Waals surface area contributed by atoms with Crippen molar-refractivity contribution in [3.63, 3.8) is 0 Å². The van der Waals surface area contributed by atoms with E-state index < -0.39 is 0 Å². The van der Waals surface area contributed by atoms with Crippen molar-refractivity contribution in [1.29, 1.82) is 0 Å². The molecule has 0 aliphatic carbocycles. The average molecular weight is 359 g/mol. The summed E-state index contributed by atoms with van der Waals surface area (Å²) in [6.45, 7) is 8.59. The molecule has 3 rings (SSSR count). The molecule has 134 valence electrons. The third-order valence-corrected chi connectivity index (χ3v) is 5.23. The van der Waals surface area contributed by atoms with E-state index >= 15 is 0 Å². The molecule has 1 saturated heterocycles. The molecule has 0 spiro atoms. The van der Waals surface area contributed by atoms with Crippen molar-refractivity contribution >= 4 is 22.4 Å². The Morgan fingerprint density at radius 3 is 3.00 bits per heavy atom. The minimum absolute atomic E-state index is 0.0747. The highest BCUT2D eigenvalue weighted by molar-refractivity contribution is 7.15. The van der Waals surface area contributed by atoms with E-state index in [0.717, 1.165) is 43.3 Å². The Kier molecular flexibility index (Phi) is 5.75. The fourth-order valence-electron chi connectivity index (χ4n) is 3.46. The summed E-state index contributed by atoms with van der Waals surface area (Å²) in [5.74, 6) is 1.41. The Morgan fingerprint density at radius 1 is 1.40 bits per heavy atom. The Hall–Kier alpha value is -1.86. The van der Waals surface area contributed by atoms with Crippen LogP contribution in [-0.2, 0) is 17.8 Å². The number of aryl methyl sites for hydroxylation is 2. The van der Waals surface area contributed by atoms with Crippen LogP contribution in [0.5, 0.6) is 0 Å². The van der Waals surface area contributed by atoms with Crippen molar-refractivity contribution in [1.82, 2.24) is 19.9 Å². The average Bonchev–Trinajstić information content (AvgIpc) is 2.92. The van der Waals surface area contributed by atoms with Crippen molar-refractivity contribution in [2.45, 2.75) is 46.6 Å². The van der Waals surface area contributed by atoms with Crippen LogP contribution in [0.1, 0.15) is 41.9 Å². The minimum Gasteiger partial charge on any atom is -0.302 e. The fourth-order valence-corrected chi connectivity index (χ4v) is 4.37. The number of nitrogens with zero attached hydrogens (tertiary/aromatic N) is 4. The Morgan fingerprint density at radius 2 is 2.24 bits per heavy atom. The van der Waals surface area contributed by atoms with Crippen molar-refractivity contribution in [2.24, 2.45) is 5.92 Å². The van der Waals surface area contributed by atoms with E-state index in [-0.39, 0.29) is 5.91 Å². The predicted octanol–water partition coefficient (Wildman–Crippen LogP) is 2.96. The smallest absolute Gasteiger partial charge is 0.223 e. The summed E-state index contributed by atoms with van der Waals surface area (Å²) in [6.07, 6.45) is 5.35. The van der Waals surface area contributed by atoms with E-state index in [4.69, 9.17) is 0 Å². The van der Waals surface area contributed by atoms with Gasteiger partial charge in [-0.05, 0) is 51.6 Å². The van der Waals surface area contributed by atoms with Gasteiger partial charge in [-0.3, -0.25) is 9.69 Å². The van der Waals surface area contributed by atoms with Crippen LogP contribution in [0.25, 0.3) is 0 Å². The number of anilines is 1. The summed E-state index contributed by atoms with van der Waals surface area (Å²) in [6, 6.07) is 2.11. The molecule has 2 aromatic heterocycles. The predicted molar refractivity (Wildman–Crippen MR) is 99.6 cm³/mol. The van der Waals surface area contributed by atoms with Crippen LogP contribution in [0.3, 0.4) is 0 Å². The van der Waals surface area contributed by atoms with Crippen molar-refractivity contribution in [3.05, 3.63) is 34.4 Å². The first kappa shape index (κ1) is 17.9. The largest absolute Gasteiger partial charge is 0.302 e. The molecule has 1 fully saturated rings. The number of piperidine rings is 1. The summed E-state index contributed by atoms with van der Waals surface area (Å²) in [4.78, 5) is 28.0. The molecular weight excluding hydrogens is 334 g/mol. The zero-order valence-electron chi connectivity index (χ0n) is 15.1. The summed E-state index contributed by atoms with van der Waals surface area (Å²) in [5, 5.41) is 3.43. The second-order valence-electron chi connectivity index (χ2n) is 6.81. The number of carbonyl (C=O) groups excluding carboxylic acids is 1. The number of thiazole rings is 1. The highest BCUT2D eigenvalue weighted by Crippen LogP contribution is 2.25. The van der Waals surface area contributed by atoms with Crippen LogP contribution in [0, 0.1) is 19.8 Å². The molecule has 1 aliphatic rings. The lowest BCUT2D eigenvalue weighted by Gasteiger charge is -2.32. The molecule has 7 heteroatoms. The lowest BCUT2D eigenvalue weighted by atomic mass is 9.93. The molecule has 6 nitrogen and oxygen atoms in total. The number of carbonyl (C=O) groups is 1. The van der Waals surface area contributed by atoms with E-state index in [1.54, 1.807) is 11.3 Å². The van der Waals surface area contributed by atoms with Gasteiger partial charge in [0.15, 0.2) is 5.13 Å². The number of hydrogen-bond donors (Lipinski definition) is 1. The standard InChI is InChI=1S/C18H25N5OS/c1-12-7-16(21-13(2)20-12)8-15-5-4-6-23(10-15)11-17-9-19-18(25-17)22-14(3)24/h7,9,15H,4-6,8,10-11H2,1-3H3,(H,19,22,24)/t15-/m0/s1. The summed E-state index contributed by atoms with van der Waals surface area (Å²) < 4.78 is 0. The van der Waals surface area contributed by atoms with Crippen LogP contribution >= 0.6 is 11.3 Å². The molecule has 1 amide bonds. The number of aromatic nitrogens is 3. The first-order chi connectivity index (χ1) is 12.0. The van der Waals surface area contributed by atoms with Gasteiger partial charge < -0.3 is 5.32 Å². The number of rotatable bonds is 5. The molecule has 25 heavy (non-hydrogen) atoms. The maximum Gasteiger partial charge on any atom is 0.223 e. The zero-order chi connectivity index (χ0) is 17.8. The van der Waals surface area contributed by atoms with Crippen LogP contribution in [0.15, 0.2) is 12.3 Å². The lowest BCUT2D eigenvalue weighted by molar-refractivity contribution is -0.114. The molecule has 1 atom stereocenters. The van der Waals surface area contributed by atoms with Crippen LogP contribution in [0.4, 0.5) is 5.13 Å². The molecule has 0 bridgehead atoms. The Bertz CT molecular complexity index is 725. The molecule has 2 aromatic rings. The highest BCUT2D eigenvalue weighted by atomic mass is 32.1. The van der Waals surface area contributed by atoms with Gasteiger partial charge in [-0.25, -0.2) is 15.0 Å². The normalized spacial score (nSPS) is 18.3. The third-order valence-electron chi connectivity index (χ3n) is 4.34. The molecule has 0 radical (unpaired) electrons. The zero-order valence-corrected chi connectivity index (χ0v) is 15.9. The van der Waals surface area contributed by atoms with Gasteiger partial charge in [0.2, 0.25) is 5.91 Å². The van der Waals surface area contributed by atoms with Gasteiger partial charge in [0.25, 0.3) is 0 Å². The molecule has 1 N–H and O–H groups in total. The van der Waals surface area contributed by atoms with E-state index in [0.29, 0.717) is 11.0 Å². The van der Waals surface area contributed by atoms with Crippen molar-refractivity contribution < 1.29 is 4.79 Å². The van der Waals surface area contributed by atoms with Gasteiger partial charge >= 0.3 is 0 Å². The highest BCUT2D eigenvalue weighted by Gasteiger charge is 2.21. The summed E-state index contributed by atoms with van der Waals surface area (Å²) >= 11 is 1.56. The van der Waals surface area contributed by atoms with Gasteiger partial charge in [0, 0.05) is 42.5 Å². The first-order valence-electron chi connectivity index (χ1n) is 8.74.